The molecule has 0 atom stereocenters. The minimum atomic E-state index is 0.0407. The number of piperidine rings is 1. The Kier molecular flexibility index (Phi) is 3.64. The van der Waals surface area contributed by atoms with E-state index in [2.05, 4.69) is 17.2 Å². The van der Waals surface area contributed by atoms with Gasteiger partial charge in [0.2, 0.25) is 0 Å². The Morgan fingerprint density at radius 3 is 2.62 bits per heavy atom. The molecule has 0 spiro atoms. The molecule has 0 unspecified atom stereocenters. The maximum atomic E-state index is 12.6. The Labute approximate surface area is 125 Å². The van der Waals surface area contributed by atoms with E-state index in [1.807, 2.05) is 48.3 Å². The number of fused-ring (bicyclic) bond motifs is 1. The molecule has 1 amide bonds. The highest BCUT2D eigenvalue weighted by molar-refractivity contribution is 5.95. The number of nitrogens with one attached hydrogen (secondary N) is 1. The highest BCUT2D eigenvalue weighted by atomic mass is 16.2. The molecule has 4 nitrogen and oxygen atoms in total. The van der Waals surface area contributed by atoms with Crippen molar-refractivity contribution in [1.82, 2.24) is 15.2 Å². The summed E-state index contributed by atoms with van der Waals surface area (Å²) in [6, 6.07) is 11.7. The lowest BCUT2D eigenvalue weighted by Gasteiger charge is -2.39. The number of amides is 1. The van der Waals surface area contributed by atoms with Gasteiger partial charge in [0.25, 0.3) is 5.91 Å². The van der Waals surface area contributed by atoms with E-state index in [4.69, 9.17) is 0 Å². The van der Waals surface area contributed by atoms with Crippen LogP contribution in [0.5, 0.6) is 0 Å². The van der Waals surface area contributed by atoms with E-state index in [1.165, 1.54) is 0 Å². The second-order valence-electron chi connectivity index (χ2n) is 5.99. The van der Waals surface area contributed by atoms with Crippen LogP contribution in [0, 0.1) is 0 Å². The van der Waals surface area contributed by atoms with Crippen LogP contribution < -0.4 is 5.32 Å². The SMILES string of the molecule is CNC1(C)CCN(C(=O)c2ccc3ccccc3n2)CC1. The van der Waals surface area contributed by atoms with Crippen LogP contribution in [0.25, 0.3) is 10.9 Å². The van der Waals surface area contributed by atoms with E-state index >= 15 is 0 Å². The molecule has 4 heteroatoms. The van der Waals surface area contributed by atoms with Crippen LogP contribution in [0.4, 0.5) is 0 Å². The Hall–Kier alpha value is -1.94. The van der Waals surface area contributed by atoms with Gasteiger partial charge in [-0.1, -0.05) is 24.3 Å². The molecule has 1 saturated heterocycles. The van der Waals surface area contributed by atoms with Gasteiger partial charge < -0.3 is 10.2 Å². The van der Waals surface area contributed by atoms with Gasteiger partial charge >= 0.3 is 0 Å². The van der Waals surface area contributed by atoms with E-state index in [1.54, 1.807) is 0 Å². The fraction of sp³-hybridized carbons (Fsp3) is 0.412. The van der Waals surface area contributed by atoms with Gasteiger partial charge in [0.05, 0.1) is 5.52 Å². The number of aromatic nitrogens is 1. The second-order valence-corrected chi connectivity index (χ2v) is 5.99. The maximum Gasteiger partial charge on any atom is 0.272 e. The predicted octanol–water partition coefficient (Wildman–Crippen LogP) is 2.45. The van der Waals surface area contributed by atoms with Crippen molar-refractivity contribution in [3.63, 3.8) is 0 Å². The van der Waals surface area contributed by atoms with Crippen molar-refractivity contribution in [2.45, 2.75) is 25.3 Å². The zero-order chi connectivity index (χ0) is 14.9. The highest BCUT2D eigenvalue weighted by Crippen LogP contribution is 2.22. The summed E-state index contributed by atoms with van der Waals surface area (Å²) < 4.78 is 0. The molecule has 0 saturated carbocycles. The minimum absolute atomic E-state index is 0.0407. The molecule has 1 aliphatic heterocycles. The van der Waals surface area contributed by atoms with Gasteiger partial charge in [0.1, 0.15) is 5.69 Å². The first-order valence-electron chi connectivity index (χ1n) is 7.45. The van der Waals surface area contributed by atoms with Crippen molar-refractivity contribution in [2.24, 2.45) is 0 Å². The minimum Gasteiger partial charge on any atom is -0.337 e. The number of hydrogen-bond donors (Lipinski definition) is 1. The summed E-state index contributed by atoms with van der Waals surface area (Å²) in [4.78, 5) is 19.0. The smallest absolute Gasteiger partial charge is 0.272 e. The summed E-state index contributed by atoms with van der Waals surface area (Å²) in [5.41, 5.74) is 1.57. The van der Waals surface area contributed by atoms with Gasteiger partial charge in [-0.05, 0) is 38.9 Å². The van der Waals surface area contributed by atoms with E-state index in [-0.39, 0.29) is 11.4 Å². The fourth-order valence-corrected chi connectivity index (χ4v) is 2.80. The summed E-state index contributed by atoms with van der Waals surface area (Å²) in [5.74, 6) is 0.0407. The summed E-state index contributed by atoms with van der Waals surface area (Å²) in [6.07, 6.45) is 1.95. The van der Waals surface area contributed by atoms with E-state index in [0.29, 0.717) is 5.69 Å². The summed E-state index contributed by atoms with van der Waals surface area (Å²) in [7, 11) is 1.99. The molecule has 2 aromatic rings. The van der Waals surface area contributed by atoms with Crippen LogP contribution in [0.3, 0.4) is 0 Å². The topological polar surface area (TPSA) is 45.2 Å². The third kappa shape index (κ3) is 2.76. The van der Waals surface area contributed by atoms with Crippen molar-refractivity contribution in [3.8, 4) is 0 Å². The van der Waals surface area contributed by atoms with Gasteiger partial charge in [-0.2, -0.15) is 0 Å². The zero-order valence-corrected chi connectivity index (χ0v) is 12.6. The Morgan fingerprint density at radius 1 is 1.19 bits per heavy atom. The van der Waals surface area contributed by atoms with Crippen molar-refractivity contribution in [2.75, 3.05) is 20.1 Å². The van der Waals surface area contributed by atoms with Crippen molar-refractivity contribution in [1.29, 1.82) is 0 Å². The van der Waals surface area contributed by atoms with Crippen molar-refractivity contribution < 1.29 is 4.79 Å². The van der Waals surface area contributed by atoms with Crippen LogP contribution in [-0.2, 0) is 0 Å². The van der Waals surface area contributed by atoms with Crippen LogP contribution in [0.2, 0.25) is 0 Å². The molecule has 0 bridgehead atoms. The summed E-state index contributed by atoms with van der Waals surface area (Å²) >= 11 is 0. The van der Waals surface area contributed by atoms with Crippen LogP contribution in [0.1, 0.15) is 30.3 Å². The van der Waals surface area contributed by atoms with Gasteiger partial charge in [-0.3, -0.25) is 4.79 Å². The number of pyridine rings is 1. The number of benzene rings is 1. The first kappa shape index (κ1) is 14.0. The van der Waals surface area contributed by atoms with Gasteiger partial charge in [0.15, 0.2) is 0 Å². The number of nitrogens with zero attached hydrogens (tertiary/aromatic N) is 2. The zero-order valence-electron chi connectivity index (χ0n) is 12.6. The average Bonchev–Trinajstić information content (AvgIpc) is 2.54. The molecule has 1 aromatic heterocycles. The Balaban J connectivity index is 1.78. The molecule has 0 aliphatic carbocycles. The Bertz CT molecular complexity index is 660. The molecular weight excluding hydrogens is 262 g/mol. The fourth-order valence-electron chi connectivity index (χ4n) is 2.80. The second kappa shape index (κ2) is 5.45. The van der Waals surface area contributed by atoms with Crippen molar-refractivity contribution in [3.05, 3.63) is 42.1 Å². The number of hydrogen-bond acceptors (Lipinski definition) is 3. The van der Waals surface area contributed by atoms with Crippen molar-refractivity contribution >= 4 is 16.8 Å². The lowest BCUT2D eigenvalue weighted by molar-refractivity contribution is 0.0656. The first-order valence-corrected chi connectivity index (χ1v) is 7.45. The van der Waals surface area contributed by atoms with Gasteiger partial charge in [0, 0.05) is 24.0 Å². The summed E-state index contributed by atoms with van der Waals surface area (Å²) in [5, 5.41) is 4.42. The van der Waals surface area contributed by atoms with E-state index in [9.17, 15) is 4.79 Å². The molecule has 21 heavy (non-hydrogen) atoms. The lowest BCUT2D eigenvalue weighted by atomic mass is 9.90. The normalized spacial score (nSPS) is 17.9. The van der Waals surface area contributed by atoms with Gasteiger partial charge in [-0.25, -0.2) is 4.98 Å². The largest absolute Gasteiger partial charge is 0.337 e. The van der Waals surface area contributed by atoms with Crippen LogP contribution in [-0.4, -0.2) is 41.5 Å². The number of rotatable bonds is 2. The molecule has 1 aliphatic rings. The lowest BCUT2D eigenvalue weighted by Crippen LogP contribution is -2.51. The highest BCUT2D eigenvalue weighted by Gasteiger charge is 2.31. The number of para-hydroxylation sites is 1. The average molecular weight is 283 g/mol. The maximum absolute atomic E-state index is 12.6. The van der Waals surface area contributed by atoms with Crippen LogP contribution >= 0.6 is 0 Å². The van der Waals surface area contributed by atoms with E-state index in [0.717, 1.165) is 36.8 Å². The quantitative estimate of drug-likeness (QED) is 0.921. The molecule has 110 valence electrons. The van der Waals surface area contributed by atoms with Gasteiger partial charge in [-0.15, -0.1) is 0 Å². The monoisotopic (exact) mass is 283 g/mol. The first-order chi connectivity index (χ1) is 10.1. The molecule has 2 heterocycles. The number of carbonyl (C=O) groups is 1. The molecule has 1 N–H and O–H groups in total. The molecule has 1 aromatic carbocycles. The third-order valence-corrected chi connectivity index (χ3v) is 4.58. The molecule has 3 rings (SSSR count). The van der Waals surface area contributed by atoms with E-state index < -0.39 is 0 Å². The van der Waals surface area contributed by atoms with Crippen LogP contribution in [0.15, 0.2) is 36.4 Å². The summed E-state index contributed by atoms with van der Waals surface area (Å²) in [6.45, 7) is 3.78. The third-order valence-electron chi connectivity index (χ3n) is 4.58. The standard InChI is InChI=1S/C17H21N3O/c1-17(18-2)9-11-20(12-10-17)16(21)15-8-7-13-5-3-4-6-14(13)19-15/h3-8,18H,9-12H2,1-2H3. The Morgan fingerprint density at radius 2 is 1.90 bits per heavy atom. The number of likely N-dealkylation sites (tertiary alicyclic amines) is 1. The molecule has 0 radical (unpaired) electrons. The predicted molar refractivity (Wildman–Crippen MR) is 84.3 cm³/mol. The molecule has 1 fully saturated rings. The molecular formula is C17H21N3O. The number of carbonyl (C=O) groups excluding carboxylic acids is 1.